The number of aromatic nitrogens is 4. The highest BCUT2D eigenvalue weighted by Crippen LogP contribution is 2.22. The van der Waals surface area contributed by atoms with Crippen LogP contribution < -0.4 is 5.32 Å². The van der Waals surface area contributed by atoms with Crippen molar-refractivity contribution in [2.75, 3.05) is 0 Å². The normalized spacial score (nSPS) is 13.6. The van der Waals surface area contributed by atoms with Crippen LogP contribution in [-0.2, 0) is 5.75 Å². The van der Waals surface area contributed by atoms with Gasteiger partial charge in [-0.2, -0.15) is 5.10 Å². The summed E-state index contributed by atoms with van der Waals surface area (Å²) in [4.78, 5) is 12.2. The number of benzene rings is 1. The van der Waals surface area contributed by atoms with Gasteiger partial charge in [-0.25, -0.2) is 9.07 Å². The van der Waals surface area contributed by atoms with Crippen LogP contribution in [0.1, 0.15) is 34.5 Å². The lowest BCUT2D eigenvalue weighted by molar-refractivity contribution is 0.0950. The van der Waals surface area contributed by atoms with Crippen molar-refractivity contribution in [3.8, 4) is 5.82 Å². The number of hydrogen-bond donors (Lipinski definition) is 1. The number of carbonyl (C=O) groups excluding carboxylic acids is 1. The molecule has 3 aromatic rings. The van der Waals surface area contributed by atoms with Crippen LogP contribution in [0.3, 0.4) is 0 Å². The summed E-state index contributed by atoms with van der Waals surface area (Å²) in [7, 11) is 0. The summed E-state index contributed by atoms with van der Waals surface area (Å²) in [5.74, 6) is 0.813. The Hall–Kier alpha value is -2.74. The van der Waals surface area contributed by atoms with Crippen LogP contribution in [0.5, 0.6) is 0 Å². The van der Waals surface area contributed by atoms with Crippen LogP contribution in [0.25, 0.3) is 5.82 Å². The van der Waals surface area contributed by atoms with Gasteiger partial charge in [-0.3, -0.25) is 4.79 Å². The van der Waals surface area contributed by atoms with Crippen molar-refractivity contribution in [2.45, 2.75) is 36.6 Å². The fourth-order valence-electron chi connectivity index (χ4n) is 2.64. The van der Waals surface area contributed by atoms with Crippen LogP contribution in [-0.4, -0.2) is 31.9 Å². The lowest BCUT2D eigenvalue weighted by Crippen LogP contribution is -2.25. The second kappa shape index (κ2) is 7.48. The van der Waals surface area contributed by atoms with E-state index in [4.69, 9.17) is 0 Å². The Morgan fingerprint density at radius 2 is 2.15 bits per heavy atom. The molecule has 27 heavy (non-hydrogen) atoms. The highest BCUT2D eigenvalue weighted by Gasteiger charge is 2.25. The van der Waals surface area contributed by atoms with Gasteiger partial charge in [-0.1, -0.05) is 23.9 Å². The highest BCUT2D eigenvalue weighted by atomic mass is 32.2. The summed E-state index contributed by atoms with van der Waals surface area (Å²) in [6, 6.07) is 10.5. The average molecular weight is 383 g/mol. The predicted octanol–water partition coefficient (Wildman–Crippen LogP) is 3.29. The molecule has 4 rings (SSSR count). The molecule has 1 aliphatic rings. The standard InChI is InChI=1S/C19H18FN5OS/c1-12-16(19(26)22-15-5-6-15)10-21-25(12)17-7-8-18(24-23-17)27-11-13-3-2-4-14(20)9-13/h2-4,7-10,15H,5-6,11H2,1H3,(H,22,26). The molecule has 6 nitrogen and oxygen atoms in total. The molecular weight excluding hydrogens is 365 g/mol. The topological polar surface area (TPSA) is 72.7 Å². The maximum absolute atomic E-state index is 13.2. The van der Waals surface area contributed by atoms with Crippen molar-refractivity contribution >= 4 is 17.7 Å². The fraction of sp³-hybridized carbons (Fsp3) is 0.263. The Balaban J connectivity index is 1.44. The number of nitrogens with zero attached hydrogens (tertiary/aromatic N) is 4. The first-order valence-corrected chi connectivity index (χ1v) is 9.65. The third kappa shape index (κ3) is 4.16. The third-order valence-electron chi connectivity index (χ3n) is 4.29. The molecule has 1 fully saturated rings. The molecule has 0 radical (unpaired) electrons. The molecule has 2 heterocycles. The van der Waals surface area contributed by atoms with Crippen molar-refractivity contribution in [2.24, 2.45) is 0 Å². The van der Waals surface area contributed by atoms with E-state index in [2.05, 4.69) is 20.6 Å². The number of thioether (sulfide) groups is 1. The molecule has 1 saturated carbocycles. The molecule has 1 N–H and O–H groups in total. The number of halogens is 1. The molecule has 0 aliphatic heterocycles. The van der Waals surface area contributed by atoms with Gasteiger partial charge in [0.15, 0.2) is 5.82 Å². The van der Waals surface area contributed by atoms with Gasteiger partial charge >= 0.3 is 0 Å². The number of hydrogen-bond acceptors (Lipinski definition) is 5. The van der Waals surface area contributed by atoms with E-state index in [1.165, 1.54) is 23.9 Å². The summed E-state index contributed by atoms with van der Waals surface area (Å²) >= 11 is 1.48. The molecule has 138 valence electrons. The Labute approximate surface area is 160 Å². The molecule has 1 aromatic carbocycles. The van der Waals surface area contributed by atoms with Gasteiger partial charge in [0, 0.05) is 11.8 Å². The van der Waals surface area contributed by atoms with E-state index in [0.29, 0.717) is 23.2 Å². The minimum Gasteiger partial charge on any atom is -0.349 e. The van der Waals surface area contributed by atoms with E-state index >= 15 is 0 Å². The lowest BCUT2D eigenvalue weighted by Gasteiger charge is -2.06. The third-order valence-corrected chi connectivity index (χ3v) is 5.28. The second-order valence-corrected chi connectivity index (χ2v) is 7.45. The van der Waals surface area contributed by atoms with E-state index < -0.39 is 0 Å². The maximum Gasteiger partial charge on any atom is 0.254 e. The molecule has 0 spiro atoms. The Morgan fingerprint density at radius 1 is 1.30 bits per heavy atom. The number of nitrogens with one attached hydrogen (secondary N) is 1. The Bertz CT molecular complexity index is 968. The minimum absolute atomic E-state index is 0.100. The van der Waals surface area contributed by atoms with Gasteiger partial charge in [0.1, 0.15) is 10.8 Å². The molecule has 0 unspecified atom stereocenters. The van der Waals surface area contributed by atoms with Crippen LogP contribution >= 0.6 is 11.8 Å². The van der Waals surface area contributed by atoms with Crippen LogP contribution in [0.4, 0.5) is 4.39 Å². The summed E-state index contributed by atoms with van der Waals surface area (Å²) in [5.41, 5.74) is 2.16. The zero-order valence-corrected chi connectivity index (χ0v) is 15.5. The molecular formula is C19H18FN5OS. The summed E-state index contributed by atoms with van der Waals surface area (Å²) in [5, 5.41) is 16.4. The molecule has 1 amide bonds. The zero-order valence-electron chi connectivity index (χ0n) is 14.7. The second-order valence-electron chi connectivity index (χ2n) is 6.45. The average Bonchev–Trinajstić information content (AvgIpc) is 3.39. The zero-order chi connectivity index (χ0) is 18.8. The van der Waals surface area contributed by atoms with Gasteiger partial charge in [0.2, 0.25) is 0 Å². The summed E-state index contributed by atoms with van der Waals surface area (Å²) < 4.78 is 14.8. The van der Waals surface area contributed by atoms with Gasteiger partial charge in [0.25, 0.3) is 5.91 Å². The van der Waals surface area contributed by atoms with Crippen LogP contribution in [0.2, 0.25) is 0 Å². The van der Waals surface area contributed by atoms with E-state index in [1.54, 1.807) is 16.9 Å². The molecule has 0 saturated heterocycles. The largest absolute Gasteiger partial charge is 0.349 e. The highest BCUT2D eigenvalue weighted by molar-refractivity contribution is 7.98. The maximum atomic E-state index is 13.2. The predicted molar refractivity (Wildman–Crippen MR) is 100 cm³/mol. The molecule has 0 bridgehead atoms. The molecule has 2 aromatic heterocycles. The summed E-state index contributed by atoms with van der Waals surface area (Å²) in [6.07, 6.45) is 3.64. The first kappa shape index (κ1) is 17.7. The van der Waals surface area contributed by atoms with Crippen molar-refractivity contribution in [1.82, 2.24) is 25.3 Å². The number of carbonyl (C=O) groups is 1. The smallest absolute Gasteiger partial charge is 0.254 e. The van der Waals surface area contributed by atoms with Crippen molar-refractivity contribution in [1.29, 1.82) is 0 Å². The molecule has 8 heteroatoms. The van der Waals surface area contributed by atoms with Crippen LogP contribution in [0, 0.1) is 12.7 Å². The Kier molecular flexibility index (Phi) is 4.89. The Morgan fingerprint density at radius 3 is 2.85 bits per heavy atom. The van der Waals surface area contributed by atoms with E-state index in [-0.39, 0.29) is 11.7 Å². The first-order valence-electron chi connectivity index (χ1n) is 8.67. The minimum atomic E-state index is -0.245. The van der Waals surface area contributed by atoms with Gasteiger partial charge in [-0.05, 0) is 49.6 Å². The van der Waals surface area contributed by atoms with Gasteiger partial charge < -0.3 is 5.32 Å². The van der Waals surface area contributed by atoms with E-state index in [9.17, 15) is 9.18 Å². The van der Waals surface area contributed by atoms with Crippen molar-refractivity contribution < 1.29 is 9.18 Å². The van der Waals surface area contributed by atoms with Crippen LogP contribution in [0.15, 0.2) is 47.6 Å². The molecule has 0 atom stereocenters. The summed E-state index contributed by atoms with van der Waals surface area (Å²) in [6.45, 7) is 1.84. The monoisotopic (exact) mass is 383 g/mol. The van der Waals surface area contributed by atoms with Crippen molar-refractivity contribution in [3.05, 3.63) is 65.2 Å². The lowest BCUT2D eigenvalue weighted by atomic mass is 10.2. The van der Waals surface area contributed by atoms with E-state index in [0.717, 1.165) is 29.1 Å². The quantitative estimate of drug-likeness (QED) is 0.661. The van der Waals surface area contributed by atoms with Crippen molar-refractivity contribution in [3.63, 3.8) is 0 Å². The first-order chi connectivity index (χ1) is 13.1. The number of rotatable bonds is 6. The fourth-order valence-corrected chi connectivity index (χ4v) is 3.40. The SMILES string of the molecule is Cc1c(C(=O)NC2CC2)cnn1-c1ccc(SCc2cccc(F)c2)nn1. The molecule has 1 aliphatic carbocycles. The van der Waals surface area contributed by atoms with Gasteiger partial charge in [-0.15, -0.1) is 10.2 Å². The van der Waals surface area contributed by atoms with E-state index in [1.807, 2.05) is 25.1 Å². The van der Waals surface area contributed by atoms with Gasteiger partial charge in [0.05, 0.1) is 17.5 Å². The number of amides is 1.